The molecule has 160 valence electrons. The van der Waals surface area contributed by atoms with Crippen molar-refractivity contribution in [1.29, 1.82) is 0 Å². The van der Waals surface area contributed by atoms with Crippen molar-refractivity contribution in [3.05, 3.63) is 0 Å². The average Bonchev–Trinajstić information content (AvgIpc) is 2.84. The molecule has 0 amide bonds. The number of hydrogen-bond acceptors (Lipinski definition) is 4. The van der Waals surface area contributed by atoms with Crippen molar-refractivity contribution in [3.63, 3.8) is 0 Å². The molecule has 5 atom stereocenters. The van der Waals surface area contributed by atoms with E-state index >= 15 is 0 Å². The molecular weight excluding hydrogens is 487 g/mol. The molecule has 0 N–H and O–H groups in total. The van der Waals surface area contributed by atoms with E-state index in [4.69, 9.17) is 18.3 Å². The zero-order chi connectivity index (χ0) is 21.2. The SMILES string of the molecule is CC1(C)O[C@@H]2[C@@H](O[Si](C)(C)C(C)(C)C)[C@H](O[Si](C)(C)C(C)(C)C)[C@@H](I)[C@@H]2O1. The molecule has 0 aromatic rings. The summed E-state index contributed by atoms with van der Waals surface area (Å²) in [4.78, 5) is 0. The number of ether oxygens (including phenoxy) is 2. The van der Waals surface area contributed by atoms with Crippen LogP contribution in [-0.2, 0) is 18.3 Å². The topological polar surface area (TPSA) is 36.9 Å². The molecule has 1 aliphatic carbocycles. The van der Waals surface area contributed by atoms with Crippen LogP contribution >= 0.6 is 22.6 Å². The Morgan fingerprint density at radius 3 is 1.52 bits per heavy atom. The third kappa shape index (κ3) is 4.85. The van der Waals surface area contributed by atoms with Crippen LogP contribution in [0.15, 0.2) is 0 Å². The van der Waals surface area contributed by atoms with Crippen LogP contribution in [0.1, 0.15) is 55.4 Å². The lowest BCUT2D eigenvalue weighted by molar-refractivity contribution is -0.168. The van der Waals surface area contributed by atoms with Gasteiger partial charge in [0.05, 0.1) is 16.1 Å². The van der Waals surface area contributed by atoms with Crippen LogP contribution in [-0.4, -0.2) is 50.8 Å². The molecule has 1 saturated heterocycles. The monoisotopic (exact) mass is 528 g/mol. The summed E-state index contributed by atoms with van der Waals surface area (Å²) in [5, 5.41) is 0.298. The van der Waals surface area contributed by atoms with Crippen LogP contribution in [0.2, 0.25) is 36.3 Å². The van der Waals surface area contributed by atoms with Gasteiger partial charge in [-0.25, -0.2) is 0 Å². The van der Waals surface area contributed by atoms with Gasteiger partial charge in [0.2, 0.25) is 0 Å². The van der Waals surface area contributed by atoms with Crippen LogP contribution in [0.3, 0.4) is 0 Å². The van der Waals surface area contributed by atoms with Gasteiger partial charge in [-0.05, 0) is 50.1 Å². The van der Waals surface area contributed by atoms with Crippen molar-refractivity contribution >= 4 is 39.2 Å². The van der Waals surface area contributed by atoms with Crippen LogP contribution in [0.4, 0.5) is 0 Å². The minimum Gasteiger partial charge on any atom is -0.410 e. The number of fused-ring (bicyclic) bond motifs is 1. The Labute approximate surface area is 182 Å². The number of rotatable bonds is 4. The molecule has 0 bridgehead atoms. The van der Waals surface area contributed by atoms with Gasteiger partial charge in [0.1, 0.15) is 12.2 Å². The van der Waals surface area contributed by atoms with E-state index in [-0.39, 0.29) is 38.4 Å². The molecule has 2 fully saturated rings. The first-order valence-electron chi connectivity index (χ1n) is 10.1. The highest BCUT2D eigenvalue weighted by molar-refractivity contribution is 14.1. The normalized spacial score (nSPS) is 34.8. The van der Waals surface area contributed by atoms with Crippen LogP contribution in [0.25, 0.3) is 0 Å². The first kappa shape index (κ1) is 24.3. The Kier molecular flexibility index (Phi) is 6.57. The van der Waals surface area contributed by atoms with Gasteiger partial charge in [-0.3, -0.25) is 0 Å². The molecule has 2 aliphatic rings. The van der Waals surface area contributed by atoms with Crippen molar-refractivity contribution in [2.75, 3.05) is 0 Å². The second-order valence-corrected chi connectivity index (χ2v) is 22.6. The highest BCUT2D eigenvalue weighted by Gasteiger charge is 2.62. The molecule has 0 unspecified atom stereocenters. The van der Waals surface area contributed by atoms with E-state index in [9.17, 15) is 0 Å². The largest absolute Gasteiger partial charge is 0.410 e. The second-order valence-electron chi connectivity index (χ2n) is 11.7. The minimum atomic E-state index is -1.97. The summed E-state index contributed by atoms with van der Waals surface area (Å²) in [6.07, 6.45) is -0.115. The first-order chi connectivity index (χ1) is 11.8. The lowest BCUT2D eigenvalue weighted by atomic mass is 10.2. The van der Waals surface area contributed by atoms with E-state index in [1.165, 1.54) is 0 Å². The van der Waals surface area contributed by atoms with Gasteiger partial charge in [0.25, 0.3) is 0 Å². The maximum Gasteiger partial charge on any atom is 0.192 e. The van der Waals surface area contributed by atoms with E-state index in [1.807, 2.05) is 13.8 Å². The highest BCUT2D eigenvalue weighted by Crippen LogP contribution is 2.49. The molecule has 1 aliphatic heterocycles. The quantitative estimate of drug-likeness (QED) is 0.251. The summed E-state index contributed by atoms with van der Waals surface area (Å²) in [5.74, 6) is -0.560. The fraction of sp³-hybridized carbons (Fsp3) is 1.00. The van der Waals surface area contributed by atoms with Gasteiger partial charge in [-0.1, -0.05) is 64.1 Å². The summed E-state index contributed by atoms with van der Waals surface area (Å²) >= 11 is 2.51. The summed E-state index contributed by atoms with van der Waals surface area (Å²) in [6.45, 7) is 27.0. The van der Waals surface area contributed by atoms with Crippen molar-refractivity contribution in [3.8, 4) is 0 Å². The van der Waals surface area contributed by atoms with Crippen LogP contribution in [0, 0.1) is 0 Å². The molecule has 27 heavy (non-hydrogen) atoms. The summed E-state index contributed by atoms with van der Waals surface area (Å²) in [7, 11) is -3.91. The fourth-order valence-corrected chi connectivity index (χ4v) is 7.18. The summed E-state index contributed by atoms with van der Waals surface area (Å²) in [6, 6.07) is 0. The van der Waals surface area contributed by atoms with E-state index < -0.39 is 22.4 Å². The molecule has 0 aromatic heterocycles. The second kappa shape index (κ2) is 7.30. The van der Waals surface area contributed by atoms with Crippen molar-refractivity contribution in [2.45, 2.75) is 126 Å². The Bertz CT molecular complexity index is 551. The molecule has 4 nitrogen and oxygen atoms in total. The van der Waals surface area contributed by atoms with Gasteiger partial charge in [0, 0.05) is 0 Å². The van der Waals surface area contributed by atoms with Gasteiger partial charge in [0.15, 0.2) is 22.4 Å². The Hall–Kier alpha value is 1.00. The zero-order valence-electron chi connectivity index (χ0n) is 19.4. The van der Waals surface area contributed by atoms with E-state index in [2.05, 4.69) is 90.3 Å². The molecule has 0 aromatic carbocycles. The van der Waals surface area contributed by atoms with E-state index in [1.54, 1.807) is 0 Å². The van der Waals surface area contributed by atoms with Crippen LogP contribution < -0.4 is 0 Å². The van der Waals surface area contributed by atoms with Gasteiger partial charge < -0.3 is 18.3 Å². The third-order valence-electron chi connectivity index (χ3n) is 6.91. The van der Waals surface area contributed by atoms with Gasteiger partial charge in [-0.15, -0.1) is 0 Å². The standard InChI is InChI=1S/C20H41IO4Si2/c1-18(2,3)26(9,10)24-15-13(21)14-16(23-20(7,8)22-14)17(15)25-27(11,12)19(4,5)6/h13-17H,1-12H3/t13-,14-,15+,16-,17-/m0/s1. The molecule has 7 heteroatoms. The number of alkyl halides is 1. The zero-order valence-corrected chi connectivity index (χ0v) is 23.6. The predicted molar refractivity (Wildman–Crippen MR) is 126 cm³/mol. The molecule has 1 saturated carbocycles. The Morgan fingerprint density at radius 1 is 0.741 bits per heavy atom. The van der Waals surface area contributed by atoms with Crippen molar-refractivity contribution < 1.29 is 18.3 Å². The molecule has 1 heterocycles. The predicted octanol–water partition coefficient (Wildman–Crippen LogP) is 6.10. The lowest BCUT2D eigenvalue weighted by Gasteiger charge is -2.44. The Morgan fingerprint density at radius 2 is 1.11 bits per heavy atom. The van der Waals surface area contributed by atoms with Gasteiger partial charge >= 0.3 is 0 Å². The maximum atomic E-state index is 6.94. The van der Waals surface area contributed by atoms with Crippen molar-refractivity contribution in [1.82, 2.24) is 0 Å². The smallest absolute Gasteiger partial charge is 0.192 e. The van der Waals surface area contributed by atoms with E-state index in [0.717, 1.165) is 0 Å². The average molecular weight is 529 g/mol. The van der Waals surface area contributed by atoms with Gasteiger partial charge in [-0.2, -0.15) is 0 Å². The highest BCUT2D eigenvalue weighted by atomic mass is 127. The Balaban J connectivity index is 2.36. The summed E-state index contributed by atoms with van der Waals surface area (Å²) in [5.41, 5.74) is 0. The fourth-order valence-electron chi connectivity index (χ4n) is 3.17. The molecule has 0 radical (unpaired) electrons. The van der Waals surface area contributed by atoms with Crippen LogP contribution in [0.5, 0.6) is 0 Å². The lowest BCUT2D eigenvalue weighted by Crippen LogP contribution is -2.54. The van der Waals surface area contributed by atoms with E-state index in [0.29, 0.717) is 0 Å². The third-order valence-corrected chi connectivity index (χ3v) is 17.3. The molecule has 0 spiro atoms. The number of halogens is 1. The van der Waals surface area contributed by atoms with Crippen molar-refractivity contribution in [2.24, 2.45) is 0 Å². The number of hydrogen-bond donors (Lipinski definition) is 0. The molecular formula is C20H41IO4Si2. The maximum absolute atomic E-state index is 6.94. The first-order valence-corrected chi connectivity index (χ1v) is 17.2. The minimum absolute atomic E-state index is 0.00622. The summed E-state index contributed by atoms with van der Waals surface area (Å²) < 4.78 is 26.7. The molecule has 2 rings (SSSR count).